The lowest BCUT2D eigenvalue weighted by Crippen LogP contribution is -2.40. The van der Waals surface area contributed by atoms with Crippen LogP contribution in [-0.4, -0.2) is 20.1 Å². The second-order valence-corrected chi connectivity index (χ2v) is 5.17. The van der Waals surface area contributed by atoms with Gasteiger partial charge in [0.1, 0.15) is 0 Å². The maximum Gasteiger partial charge on any atom is 0.155 e. The largest absolute Gasteiger partial charge is 0.307 e. The van der Waals surface area contributed by atoms with Gasteiger partial charge in [-0.1, -0.05) is 13.8 Å². The standard InChI is InChI=1S/C14H22N4/c1-5-14(4,6-2)16-9-12-8-15-13-7-11(3)17-18(13)10-12/h7-8,10,16H,5-6,9H2,1-4H3. The summed E-state index contributed by atoms with van der Waals surface area (Å²) >= 11 is 0. The molecule has 2 heterocycles. The quantitative estimate of drug-likeness (QED) is 0.882. The molecular formula is C14H22N4. The van der Waals surface area contributed by atoms with Gasteiger partial charge in [-0.2, -0.15) is 5.10 Å². The molecular weight excluding hydrogens is 224 g/mol. The smallest absolute Gasteiger partial charge is 0.155 e. The Morgan fingerprint density at radius 1 is 1.33 bits per heavy atom. The Kier molecular flexibility index (Phi) is 3.66. The number of hydrogen-bond donors (Lipinski definition) is 1. The van der Waals surface area contributed by atoms with E-state index in [-0.39, 0.29) is 5.54 Å². The lowest BCUT2D eigenvalue weighted by atomic mass is 9.95. The van der Waals surface area contributed by atoms with Crippen molar-refractivity contribution in [2.24, 2.45) is 0 Å². The molecule has 98 valence electrons. The second kappa shape index (κ2) is 5.06. The normalized spacial score (nSPS) is 12.2. The van der Waals surface area contributed by atoms with Crippen molar-refractivity contribution < 1.29 is 0 Å². The van der Waals surface area contributed by atoms with Crippen LogP contribution in [-0.2, 0) is 6.54 Å². The zero-order valence-corrected chi connectivity index (χ0v) is 11.7. The van der Waals surface area contributed by atoms with E-state index in [2.05, 4.69) is 36.2 Å². The van der Waals surface area contributed by atoms with Crippen LogP contribution in [0.25, 0.3) is 5.65 Å². The minimum atomic E-state index is 0.203. The van der Waals surface area contributed by atoms with Gasteiger partial charge in [-0.25, -0.2) is 9.50 Å². The number of aromatic nitrogens is 3. The Morgan fingerprint density at radius 2 is 2.06 bits per heavy atom. The van der Waals surface area contributed by atoms with Crippen molar-refractivity contribution >= 4 is 5.65 Å². The predicted octanol–water partition coefficient (Wildman–Crippen LogP) is 2.71. The zero-order chi connectivity index (χ0) is 13.2. The minimum absolute atomic E-state index is 0.203. The Hall–Kier alpha value is -1.42. The van der Waals surface area contributed by atoms with Crippen molar-refractivity contribution in [3.63, 3.8) is 0 Å². The molecule has 0 saturated heterocycles. The van der Waals surface area contributed by atoms with Crippen LogP contribution in [0.15, 0.2) is 18.5 Å². The summed E-state index contributed by atoms with van der Waals surface area (Å²) in [6, 6.07) is 1.99. The van der Waals surface area contributed by atoms with Crippen molar-refractivity contribution in [1.82, 2.24) is 19.9 Å². The van der Waals surface area contributed by atoms with E-state index in [1.807, 2.05) is 29.9 Å². The maximum absolute atomic E-state index is 4.41. The van der Waals surface area contributed by atoms with Gasteiger partial charge in [-0.3, -0.25) is 0 Å². The number of aryl methyl sites for hydroxylation is 1. The van der Waals surface area contributed by atoms with Crippen LogP contribution in [0.5, 0.6) is 0 Å². The predicted molar refractivity (Wildman–Crippen MR) is 73.6 cm³/mol. The first-order valence-corrected chi connectivity index (χ1v) is 6.62. The van der Waals surface area contributed by atoms with E-state index < -0.39 is 0 Å². The average molecular weight is 246 g/mol. The summed E-state index contributed by atoms with van der Waals surface area (Å²) in [4.78, 5) is 4.41. The van der Waals surface area contributed by atoms with Crippen molar-refractivity contribution in [3.05, 3.63) is 29.7 Å². The first kappa shape index (κ1) is 13.0. The summed E-state index contributed by atoms with van der Waals surface area (Å²) in [7, 11) is 0. The monoisotopic (exact) mass is 246 g/mol. The summed E-state index contributed by atoms with van der Waals surface area (Å²) in [5.74, 6) is 0. The third kappa shape index (κ3) is 2.70. The van der Waals surface area contributed by atoms with E-state index in [1.165, 1.54) is 5.56 Å². The molecule has 0 bridgehead atoms. The maximum atomic E-state index is 4.41. The fourth-order valence-corrected chi connectivity index (χ4v) is 1.94. The van der Waals surface area contributed by atoms with E-state index >= 15 is 0 Å². The number of rotatable bonds is 5. The van der Waals surface area contributed by atoms with Crippen LogP contribution in [0.1, 0.15) is 44.9 Å². The summed E-state index contributed by atoms with van der Waals surface area (Å²) in [5, 5.41) is 7.99. The molecule has 1 N–H and O–H groups in total. The summed E-state index contributed by atoms with van der Waals surface area (Å²) in [6.45, 7) is 9.51. The molecule has 0 unspecified atom stereocenters. The first-order valence-electron chi connectivity index (χ1n) is 6.62. The van der Waals surface area contributed by atoms with Crippen molar-refractivity contribution in [3.8, 4) is 0 Å². The zero-order valence-electron chi connectivity index (χ0n) is 11.7. The fourth-order valence-electron chi connectivity index (χ4n) is 1.94. The highest BCUT2D eigenvalue weighted by Crippen LogP contribution is 2.14. The highest BCUT2D eigenvalue weighted by atomic mass is 15.2. The van der Waals surface area contributed by atoms with Gasteiger partial charge in [0, 0.05) is 36.1 Å². The molecule has 0 atom stereocenters. The molecule has 0 fully saturated rings. The lowest BCUT2D eigenvalue weighted by molar-refractivity contribution is 0.329. The van der Waals surface area contributed by atoms with Crippen LogP contribution in [0.2, 0.25) is 0 Å². The van der Waals surface area contributed by atoms with Gasteiger partial charge in [-0.05, 0) is 26.7 Å². The van der Waals surface area contributed by atoms with Gasteiger partial charge in [-0.15, -0.1) is 0 Å². The molecule has 4 heteroatoms. The Bertz CT molecular complexity index is 526. The van der Waals surface area contributed by atoms with Crippen LogP contribution >= 0.6 is 0 Å². The highest BCUT2D eigenvalue weighted by Gasteiger charge is 2.18. The molecule has 0 saturated carbocycles. The summed E-state index contributed by atoms with van der Waals surface area (Å²) < 4.78 is 1.85. The summed E-state index contributed by atoms with van der Waals surface area (Å²) in [5.41, 5.74) is 3.28. The van der Waals surface area contributed by atoms with Crippen molar-refractivity contribution in [2.45, 2.75) is 52.6 Å². The first-order chi connectivity index (χ1) is 8.56. The number of nitrogens with zero attached hydrogens (tertiary/aromatic N) is 3. The lowest BCUT2D eigenvalue weighted by Gasteiger charge is -2.28. The van der Waals surface area contributed by atoms with Crippen LogP contribution in [0, 0.1) is 6.92 Å². The molecule has 0 aliphatic rings. The van der Waals surface area contributed by atoms with E-state index in [0.29, 0.717) is 0 Å². The number of fused-ring (bicyclic) bond motifs is 1. The molecule has 4 nitrogen and oxygen atoms in total. The average Bonchev–Trinajstić information content (AvgIpc) is 2.75. The van der Waals surface area contributed by atoms with E-state index in [1.54, 1.807) is 0 Å². The SMILES string of the molecule is CCC(C)(CC)NCc1cnc2cc(C)nn2c1. The van der Waals surface area contributed by atoms with Gasteiger partial charge in [0.15, 0.2) is 5.65 Å². The second-order valence-electron chi connectivity index (χ2n) is 5.17. The summed E-state index contributed by atoms with van der Waals surface area (Å²) in [6.07, 6.45) is 6.23. The number of hydrogen-bond acceptors (Lipinski definition) is 3. The molecule has 0 aliphatic carbocycles. The van der Waals surface area contributed by atoms with E-state index in [9.17, 15) is 0 Å². The van der Waals surface area contributed by atoms with Crippen molar-refractivity contribution in [2.75, 3.05) is 0 Å². The third-order valence-electron chi connectivity index (χ3n) is 3.77. The molecule has 0 spiro atoms. The molecule has 0 aliphatic heterocycles. The highest BCUT2D eigenvalue weighted by molar-refractivity contribution is 5.38. The minimum Gasteiger partial charge on any atom is -0.307 e. The molecule has 0 aromatic carbocycles. The van der Waals surface area contributed by atoms with Gasteiger partial charge in [0.05, 0.1) is 5.69 Å². The van der Waals surface area contributed by atoms with Crippen LogP contribution in [0.3, 0.4) is 0 Å². The molecule has 2 rings (SSSR count). The van der Waals surface area contributed by atoms with Crippen LogP contribution in [0.4, 0.5) is 0 Å². The number of nitrogens with one attached hydrogen (secondary N) is 1. The molecule has 0 amide bonds. The molecule has 2 aromatic heterocycles. The molecule has 0 radical (unpaired) electrons. The van der Waals surface area contributed by atoms with Crippen molar-refractivity contribution in [1.29, 1.82) is 0 Å². The topological polar surface area (TPSA) is 42.2 Å². The van der Waals surface area contributed by atoms with Gasteiger partial charge < -0.3 is 5.32 Å². The van der Waals surface area contributed by atoms with Gasteiger partial charge in [0.25, 0.3) is 0 Å². The third-order valence-corrected chi connectivity index (χ3v) is 3.77. The van der Waals surface area contributed by atoms with E-state index in [0.717, 1.165) is 30.7 Å². The Labute approximate surface area is 108 Å². The Balaban J connectivity index is 2.12. The molecule has 18 heavy (non-hydrogen) atoms. The van der Waals surface area contributed by atoms with Gasteiger partial charge >= 0.3 is 0 Å². The van der Waals surface area contributed by atoms with Crippen LogP contribution < -0.4 is 5.32 Å². The van der Waals surface area contributed by atoms with Gasteiger partial charge in [0.2, 0.25) is 0 Å². The molecule has 2 aromatic rings. The Morgan fingerprint density at radius 3 is 2.72 bits per heavy atom. The fraction of sp³-hybridized carbons (Fsp3) is 0.571. The van der Waals surface area contributed by atoms with E-state index in [4.69, 9.17) is 0 Å².